The predicted octanol–water partition coefficient (Wildman–Crippen LogP) is 10.7. The largest absolute Gasteiger partial charge is 0.359 e. The second-order valence-corrected chi connectivity index (χ2v) is 10.8. The van der Waals surface area contributed by atoms with Crippen LogP contribution < -0.4 is 5.32 Å². The zero-order chi connectivity index (χ0) is 29.5. The van der Waals surface area contributed by atoms with Crippen LogP contribution in [-0.4, -0.2) is 4.90 Å². The molecule has 2 nitrogen and oxygen atoms in total. The lowest BCUT2D eigenvalue weighted by atomic mass is 9.87. The maximum Gasteiger partial charge on any atom is 0.0456 e. The fourth-order valence-corrected chi connectivity index (χ4v) is 5.52. The first-order valence-electron chi connectivity index (χ1n) is 15.4. The molecule has 3 rings (SSSR count). The summed E-state index contributed by atoms with van der Waals surface area (Å²) in [6.07, 6.45) is 47.4. The van der Waals surface area contributed by atoms with Crippen molar-refractivity contribution < 1.29 is 0 Å². The molecule has 3 aliphatic rings. The minimum absolute atomic E-state index is 0.243. The van der Waals surface area contributed by atoms with Gasteiger partial charge in [-0.25, -0.2) is 0 Å². The summed E-state index contributed by atoms with van der Waals surface area (Å²) in [7, 11) is 0. The molecule has 0 aromatic carbocycles. The van der Waals surface area contributed by atoms with Gasteiger partial charge in [0.15, 0.2) is 0 Å². The Bertz CT molecular complexity index is 1250. The van der Waals surface area contributed by atoms with Gasteiger partial charge in [-0.2, -0.15) is 0 Å². The lowest BCUT2D eigenvalue weighted by Crippen LogP contribution is -2.23. The molecule has 2 aliphatic carbocycles. The van der Waals surface area contributed by atoms with Gasteiger partial charge >= 0.3 is 0 Å². The third-order valence-corrected chi connectivity index (χ3v) is 7.72. The van der Waals surface area contributed by atoms with Gasteiger partial charge in [-0.05, 0) is 94.2 Å². The van der Waals surface area contributed by atoms with Gasteiger partial charge in [-0.1, -0.05) is 111 Å². The molecule has 0 spiro atoms. The molecule has 0 aromatic rings. The van der Waals surface area contributed by atoms with Crippen LogP contribution in [-0.2, 0) is 0 Å². The third-order valence-electron chi connectivity index (χ3n) is 7.72. The zero-order valence-electron chi connectivity index (χ0n) is 25.9. The quantitative estimate of drug-likeness (QED) is 0.245. The van der Waals surface area contributed by atoms with Crippen molar-refractivity contribution in [3.63, 3.8) is 0 Å². The Morgan fingerprint density at radius 1 is 1.00 bits per heavy atom. The lowest BCUT2D eigenvalue weighted by Gasteiger charge is -2.33. The van der Waals surface area contributed by atoms with Crippen molar-refractivity contribution in [2.24, 2.45) is 17.8 Å². The summed E-state index contributed by atoms with van der Waals surface area (Å²) >= 11 is 0. The van der Waals surface area contributed by atoms with E-state index in [2.05, 4.69) is 161 Å². The summed E-state index contributed by atoms with van der Waals surface area (Å²) in [5, 5.41) is 3.66. The average molecular weight is 547 g/mol. The number of hydrogen-bond acceptors (Lipinski definition) is 2. The molecule has 1 N–H and O–H groups in total. The molecule has 2 atom stereocenters. The molecule has 1 unspecified atom stereocenters. The van der Waals surface area contributed by atoms with E-state index in [0.29, 0.717) is 11.8 Å². The van der Waals surface area contributed by atoms with Gasteiger partial charge in [0.05, 0.1) is 0 Å². The van der Waals surface area contributed by atoms with Crippen LogP contribution >= 0.6 is 0 Å². The van der Waals surface area contributed by atoms with Crippen LogP contribution in [0.15, 0.2) is 156 Å². The van der Waals surface area contributed by atoms with E-state index in [1.165, 1.54) is 22.5 Å². The Hall–Kier alpha value is -3.78. The van der Waals surface area contributed by atoms with Gasteiger partial charge in [0.1, 0.15) is 0 Å². The Balaban J connectivity index is 1.87. The van der Waals surface area contributed by atoms with E-state index in [-0.39, 0.29) is 5.92 Å². The highest BCUT2D eigenvalue weighted by atomic mass is 15.1. The Morgan fingerprint density at radius 3 is 2.44 bits per heavy atom. The van der Waals surface area contributed by atoms with Gasteiger partial charge < -0.3 is 10.2 Å². The smallest absolute Gasteiger partial charge is 0.0456 e. The fourth-order valence-electron chi connectivity index (χ4n) is 5.52. The van der Waals surface area contributed by atoms with Crippen LogP contribution in [0.2, 0.25) is 0 Å². The monoisotopic (exact) mass is 546 g/mol. The normalized spacial score (nSPS) is 22.6. The number of rotatable bonds is 12. The molecule has 0 bridgehead atoms. The van der Waals surface area contributed by atoms with Crippen molar-refractivity contribution in [1.29, 1.82) is 0 Å². The van der Waals surface area contributed by atoms with E-state index in [9.17, 15) is 0 Å². The van der Waals surface area contributed by atoms with Crippen molar-refractivity contribution in [2.45, 2.75) is 66.7 Å². The maximum atomic E-state index is 4.16. The average Bonchev–Trinajstić information content (AvgIpc) is 3.39. The topological polar surface area (TPSA) is 15.3 Å². The fraction of sp³-hybridized carbons (Fsp3) is 0.333. The first-order valence-corrected chi connectivity index (χ1v) is 15.4. The molecule has 0 amide bonds. The van der Waals surface area contributed by atoms with E-state index in [1.807, 2.05) is 6.08 Å². The number of hydrogen-bond donors (Lipinski definition) is 1. The first-order chi connectivity index (χ1) is 20.0. The molecule has 41 heavy (non-hydrogen) atoms. The van der Waals surface area contributed by atoms with Crippen LogP contribution in [0.4, 0.5) is 0 Å². The van der Waals surface area contributed by atoms with Crippen molar-refractivity contribution in [1.82, 2.24) is 10.2 Å². The molecule has 1 aliphatic heterocycles. The van der Waals surface area contributed by atoms with Crippen LogP contribution in [0.5, 0.6) is 0 Å². The summed E-state index contributed by atoms with van der Waals surface area (Å²) in [5.74, 6) is 1.31. The van der Waals surface area contributed by atoms with Gasteiger partial charge in [0, 0.05) is 34.9 Å². The zero-order valence-corrected chi connectivity index (χ0v) is 25.9. The Kier molecular flexibility index (Phi) is 13.3. The third kappa shape index (κ3) is 9.39. The van der Waals surface area contributed by atoms with Crippen molar-refractivity contribution >= 4 is 0 Å². The predicted molar refractivity (Wildman–Crippen MR) is 180 cm³/mol. The SMILES string of the molecule is C=CC1=C[C@@H](/C(=C/C=C\C)CC)C=C(/C(=C/C=C(\C)NC2=CCC(C3C=CC=CC=C3)CC=C2)CCC)N1/C=C\C. The second kappa shape index (κ2) is 17.1. The maximum absolute atomic E-state index is 4.16. The van der Waals surface area contributed by atoms with E-state index in [1.54, 1.807) is 0 Å². The molecule has 0 fully saturated rings. The molecule has 0 saturated heterocycles. The van der Waals surface area contributed by atoms with Crippen molar-refractivity contribution in [2.75, 3.05) is 0 Å². The highest BCUT2D eigenvalue weighted by molar-refractivity contribution is 5.46. The minimum Gasteiger partial charge on any atom is -0.359 e. The van der Waals surface area contributed by atoms with Gasteiger partial charge in [-0.3, -0.25) is 0 Å². The van der Waals surface area contributed by atoms with Crippen molar-refractivity contribution in [3.8, 4) is 0 Å². The van der Waals surface area contributed by atoms with E-state index < -0.39 is 0 Å². The molecule has 0 aromatic heterocycles. The Labute approximate surface area is 250 Å². The van der Waals surface area contributed by atoms with Crippen LogP contribution in [0.3, 0.4) is 0 Å². The van der Waals surface area contributed by atoms with E-state index >= 15 is 0 Å². The highest BCUT2D eigenvalue weighted by Crippen LogP contribution is 2.35. The molecular weight excluding hydrogens is 496 g/mol. The number of nitrogens with one attached hydrogen (secondary N) is 1. The highest BCUT2D eigenvalue weighted by Gasteiger charge is 2.23. The van der Waals surface area contributed by atoms with Gasteiger partial charge in [0.25, 0.3) is 0 Å². The summed E-state index contributed by atoms with van der Waals surface area (Å²) in [6, 6.07) is 0. The van der Waals surface area contributed by atoms with Crippen molar-refractivity contribution in [3.05, 3.63) is 156 Å². The van der Waals surface area contributed by atoms with Crippen LogP contribution in [0, 0.1) is 17.8 Å². The van der Waals surface area contributed by atoms with Crippen LogP contribution in [0.1, 0.15) is 66.7 Å². The molecule has 0 radical (unpaired) electrons. The molecule has 1 heterocycles. The first kappa shape index (κ1) is 31.7. The minimum atomic E-state index is 0.243. The Morgan fingerprint density at radius 2 is 1.78 bits per heavy atom. The molecule has 216 valence electrons. The van der Waals surface area contributed by atoms with Gasteiger partial charge in [0.2, 0.25) is 0 Å². The standard InChI is InChI=1S/C39H50N2/c1-7-12-19-32(10-4)36-29-38(11-5)41(28-9-3)39(30-36)35(18-8-2)25-24-31(6)40-37-23-17-22-34(26-27-37)33-20-15-13-14-16-21-33/h7,9,11-17,19-21,23-25,27-30,33-34,36,40H,5,8,10,18,22,26H2,1-4,6H3/b12-7-,28-9-,31-24+,32-19+,35-25+/t34?,36-/m1/s1. The lowest BCUT2D eigenvalue weighted by molar-refractivity contribution is 0.466. The second-order valence-electron chi connectivity index (χ2n) is 10.8. The molecular formula is C39H50N2. The summed E-state index contributed by atoms with van der Waals surface area (Å²) in [4.78, 5) is 2.28. The molecule has 2 heteroatoms. The van der Waals surface area contributed by atoms with Gasteiger partial charge in [-0.15, -0.1) is 0 Å². The molecule has 0 saturated carbocycles. The van der Waals surface area contributed by atoms with E-state index in [0.717, 1.165) is 43.5 Å². The summed E-state index contributed by atoms with van der Waals surface area (Å²) in [5.41, 5.74) is 7.42. The van der Waals surface area contributed by atoms with Crippen LogP contribution in [0.25, 0.3) is 0 Å². The van der Waals surface area contributed by atoms with E-state index in [4.69, 9.17) is 0 Å². The number of nitrogens with zero attached hydrogens (tertiary/aromatic N) is 1. The summed E-state index contributed by atoms with van der Waals surface area (Å²) < 4.78 is 0. The number of allylic oxidation sites excluding steroid dienone is 21. The summed E-state index contributed by atoms with van der Waals surface area (Å²) in [6.45, 7) is 14.9.